The Morgan fingerprint density at radius 2 is 1.84 bits per heavy atom. The predicted octanol–water partition coefficient (Wildman–Crippen LogP) is 8.75. The molecule has 4 nitrogen and oxygen atoms in total. The summed E-state index contributed by atoms with van der Waals surface area (Å²) in [5, 5.41) is 0.492. The first-order valence-corrected chi connectivity index (χ1v) is 15.9. The van der Waals surface area contributed by atoms with Crippen LogP contribution in [0.25, 0.3) is 11.2 Å². The van der Waals surface area contributed by atoms with E-state index in [4.69, 9.17) is 21.6 Å². The molecule has 2 aromatic heterocycles. The number of fused-ring (bicyclic) bond motifs is 5. The molecule has 5 fully saturated rings. The van der Waals surface area contributed by atoms with Crippen LogP contribution in [0.2, 0.25) is 5.15 Å². The van der Waals surface area contributed by atoms with E-state index in [1.165, 1.54) is 70.6 Å². The van der Waals surface area contributed by atoms with E-state index in [9.17, 15) is 0 Å². The molecule has 5 aliphatic rings. The summed E-state index contributed by atoms with van der Waals surface area (Å²) in [4.78, 5) is 13.7. The molecule has 0 saturated heterocycles. The van der Waals surface area contributed by atoms with Gasteiger partial charge in [-0.1, -0.05) is 65.5 Å². The van der Waals surface area contributed by atoms with Gasteiger partial charge in [-0.25, -0.2) is 15.0 Å². The van der Waals surface area contributed by atoms with Crippen molar-refractivity contribution in [2.24, 2.45) is 57.7 Å². The molecule has 0 amide bonds. The Morgan fingerprint density at radius 1 is 1.00 bits per heavy atom. The van der Waals surface area contributed by atoms with Crippen LogP contribution in [0.15, 0.2) is 12.7 Å². The van der Waals surface area contributed by atoms with Crippen molar-refractivity contribution < 1.29 is 0 Å². The number of imidazole rings is 1. The van der Waals surface area contributed by atoms with Gasteiger partial charge < -0.3 is 4.57 Å². The molecule has 5 saturated carbocycles. The molecule has 0 radical (unpaired) electrons. The highest BCUT2D eigenvalue weighted by molar-refractivity contribution is 6.33. The van der Waals surface area contributed by atoms with Gasteiger partial charge in [0.15, 0.2) is 10.8 Å². The lowest BCUT2D eigenvalue weighted by Crippen LogP contribution is -2.55. The molecule has 10 atom stereocenters. The number of hydrogen-bond acceptors (Lipinski definition) is 3. The maximum absolute atomic E-state index is 6.47. The van der Waals surface area contributed by atoms with Gasteiger partial charge in [0.1, 0.15) is 11.8 Å². The van der Waals surface area contributed by atoms with Crippen LogP contribution < -0.4 is 0 Å². The zero-order valence-corrected chi connectivity index (χ0v) is 24.5. The number of rotatable bonds is 6. The summed E-state index contributed by atoms with van der Waals surface area (Å²) in [6.45, 7) is 12.8. The van der Waals surface area contributed by atoms with Crippen LogP contribution >= 0.6 is 11.6 Å². The van der Waals surface area contributed by atoms with E-state index in [0.717, 1.165) is 52.6 Å². The number of hydrogen-bond donors (Lipinski definition) is 0. The summed E-state index contributed by atoms with van der Waals surface area (Å²) in [7, 11) is 0. The van der Waals surface area contributed by atoms with Crippen molar-refractivity contribution in [3.63, 3.8) is 0 Å². The van der Waals surface area contributed by atoms with Crippen LogP contribution in [0.4, 0.5) is 0 Å². The fourth-order valence-corrected chi connectivity index (χ4v) is 11.9. The van der Waals surface area contributed by atoms with Gasteiger partial charge in [-0.15, -0.1) is 0 Å². The fraction of sp³-hybridized carbons (Fsp3) is 0.844. The highest BCUT2D eigenvalue weighted by atomic mass is 35.5. The van der Waals surface area contributed by atoms with E-state index in [0.29, 0.717) is 27.4 Å². The number of aromatic nitrogens is 4. The van der Waals surface area contributed by atoms with Crippen molar-refractivity contribution in [1.29, 1.82) is 0 Å². The second kappa shape index (κ2) is 8.42. The molecule has 0 bridgehead atoms. The second-order valence-electron chi connectivity index (χ2n) is 15.0. The Hall–Kier alpha value is -1.16. The standard InChI is InChI=1S/C32H47ClN4/c1-19(2)7-6-8-20(3)23-9-10-24-22-15-26(37-18-36-27-28(33)34-17-35-29(27)37)32-16-21(32)11-14-31(32,5)25(22)12-13-30(23,24)4/h17-26H,6-16H2,1-5H3/t20-,21-,22+,23-,24+,25+,26-,30-,31-,32+/m1/s1. The summed E-state index contributed by atoms with van der Waals surface area (Å²) in [6.07, 6.45) is 19.3. The van der Waals surface area contributed by atoms with Crippen molar-refractivity contribution in [3.05, 3.63) is 17.8 Å². The van der Waals surface area contributed by atoms with Crippen LogP contribution in [0.5, 0.6) is 0 Å². The Balaban J connectivity index is 1.22. The normalized spacial score (nSPS) is 44.9. The summed E-state index contributed by atoms with van der Waals surface area (Å²) < 4.78 is 2.47. The molecule has 2 aromatic rings. The third-order valence-electron chi connectivity index (χ3n) is 13.4. The van der Waals surface area contributed by atoms with Crippen LogP contribution in [-0.4, -0.2) is 19.5 Å². The van der Waals surface area contributed by atoms with E-state index in [1.807, 2.05) is 0 Å². The van der Waals surface area contributed by atoms with Gasteiger partial charge >= 0.3 is 0 Å². The van der Waals surface area contributed by atoms with E-state index in [-0.39, 0.29) is 0 Å². The van der Waals surface area contributed by atoms with E-state index >= 15 is 0 Å². The average molecular weight is 523 g/mol. The van der Waals surface area contributed by atoms with Crippen molar-refractivity contribution >= 4 is 22.8 Å². The molecule has 2 heterocycles. The van der Waals surface area contributed by atoms with Crippen LogP contribution in [0.1, 0.15) is 111 Å². The predicted molar refractivity (Wildman–Crippen MR) is 150 cm³/mol. The summed E-state index contributed by atoms with van der Waals surface area (Å²) in [5.41, 5.74) is 3.16. The Bertz CT molecular complexity index is 1190. The zero-order valence-electron chi connectivity index (χ0n) is 23.7. The highest BCUT2D eigenvalue weighted by Crippen LogP contribution is 2.84. The van der Waals surface area contributed by atoms with Gasteiger partial charge in [0.05, 0.1) is 6.33 Å². The zero-order chi connectivity index (χ0) is 25.7. The molecule has 5 heteroatoms. The molecule has 5 aliphatic carbocycles. The Labute approximate surface area is 228 Å². The second-order valence-corrected chi connectivity index (χ2v) is 15.4. The lowest BCUT2D eigenvalue weighted by molar-refractivity contribution is -0.124. The smallest absolute Gasteiger partial charge is 0.165 e. The first-order valence-electron chi connectivity index (χ1n) is 15.5. The maximum atomic E-state index is 6.47. The first-order chi connectivity index (χ1) is 17.7. The summed E-state index contributed by atoms with van der Waals surface area (Å²) in [5.74, 6) is 6.11. The van der Waals surface area contributed by atoms with Gasteiger partial charge in [0, 0.05) is 6.04 Å². The minimum atomic E-state index is 0.440. The van der Waals surface area contributed by atoms with Crippen molar-refractivity contribution in [1.82, 2.24) is 19.5 Å². The monoisotopic (exact) mass is 522 g/mol. The largest absolute Gasteiger partial charge is 0.311 e. The van der Waals surface area contributed by atoms with Crippen LogP contribution in [0, 0.1) is 57.7 Å². The Morgan fingerprint density at radius 3 is 2.62 bits per heavy atom. The summed E-state index contributed by atoms with van der Waals surface area (Å²) in [6, 6.07) is 0.507. The van der Waals surface area contributed by atoms with Crippen molar-refractivity contribution in [3.8, 4) is 0 Å². The number of nitrogens with zero attached hydrogens (tertiary/aromatic N) is 4. The third-order valence-corrected chi connectivity index (χ3v) is 13.7. The van der Waals surface area contributed by atoms with Crippen molar-refractivity contribution in [2.45, 2.75) is 111 Å². The van der Waals surface area contributed by atoms with Crippen LogP contribution in [0.3, 0.4) is 0 Å². The summed E-state index contributed by atoms with van der Waals surface area (Å²) >= 11 is 6.47. The quantitative estimate of drug-likeness (QED) is 0.356. The lowest BCUT2D eigenvalue weighted by Gasteiger charge is -2.61. The third kappa shape index (κ3) is 3.29. The topological polar surface area (TPSA) is 43.6 Å². The van der Waals surface area contributed by atoms with Crippen molar-refractivity contribution in [2.75, 3.05) is 0 Å². The van der Waals surface area contributed by atoms with Gasteiger partial charge in [-0.2, -0.15) is 0 Å². The van der Waals surface area contributed by atoms with Crippen LogP contribution in [-0.2, 0) is 0 Å². The van der Waals surface area contributed by atoms with Gasteiger partial charge in [-0.3, -0.25) is 0 Å². The average Bonchev–Trinajstić information content (AvgIpc) is 3.11. The number of halogens is 1. The molecular formula is C32H47ClN4. The van der Waals surface area contributed by atoms with Gasteiger partial charge in [0.2, 0.25) is 0 Å². The Kier molecular flexibility index (Phi) is 5.65. The lowest BCUT2D eigenvalue weighted by atomic mass is 9.44. The molecule has 7 rings (SSSR count). The molecular weight excluding hydrogens is 476 g/mol. The molecule has 0 aliphatic heterocycles. The highest BCUT2D eigenvalue weighted by Gasteiger charge is 2.77. The molecule has 0 unspecified atom stereocenters. The maximum Gasteiger partial charge on any atom is 0.165 e. The molecule has 202 valence electrons. The van der Waals surface area contributed by atoms with E-state index in [2.05, 4.69) is 50.5 Å². The minimum absolute atomic E-state index is 0.440. The van der Waals surface area contributed by atoms with E-state index in [1.54, 1.807) is 6.33 Å². The van der Waals surface area contributed by atoms with Gasteiger partial charge in [0.25, 0.3) is 0 Å². The SMILES string of the molecule is CC(C)CCC[C@@H](C)[C@H]1CC[C@H]2[C@@H]3C[C@@H](n4cnc5c(Cl)ncnc54)[C@]45C[C@H]4CC[C@]5(C)[C@H]3CC[C@]12C. The molecule has 1 spiro atoms. The minimum Gasteiger partial charge on any atom is -0.311 e. The molecule has 37 heavy (non-hydrogen) atoms. The fourth-order valence-electron chi connectivity index (χ4n) is 11.7. The van der Waals surface area contributed by atoms with Gasteiger partial charge in [-0.05, 0) is 109 Å². The molecule has 0 aromatic carbocycles. The molecule has 0 N–H and O–H groups in total. The van der Waals surface area contributed by atoms with E-state index < -0.39 is 0 Å². The first kappa shape index (κ1) is 24.9.